The molecule has 0 N–H and O–H groups in total. The van der Waals surface area contributed by atoms with Gasteiger partial charge in [-0.05, 0) is 44.9 Å². The number of esters is 2. The maximum Gasteiger partial charge on any atom is 0.306 e. The summed E-state index contributed by atoms with van der Waals surface area (Å²) in [5, 5.41) is 11.7. The number of allylic oxidation sites excluding steroid dienone is 4. The third kappa shape index (κ3) is 45.8. The fraction of sp³-hybridized carbons (Fsp3) is 0.868. The number of rotatable bonds is 48. The molecule has 0 heterocycles. The molecule has 2 unspecified atom stereocenters. The topological polar surface area (TPSA) is 111 Å². The van der Waals surface area contributed by atoms with Crippen LogP contribution in [0.25, 0.3) is 0 Å². The molecule has 2 atom stereocenters. The van der Waals surface area contributed by atoms with Crippen LogP contribution in [0.4, 0.5) is 0 Å². The number of ether oxygens (including phenoxy) is 4. The van der Waals surface area contributed by atoms with Crippen LogP contribution in [0.15, 0.2) is 24.3 Å². The van der Waals surface area contributed by atoms with Crippen LogP contribution in [0, 0.1) is 0 Å². The average Bonchev–Trinajstić information content (AvgIpc) is 3.23. The number of hydrogen-bond acceptors (Lipinski definition) is 8. The van der Waals surface area contributed by atoms with Crippen LogP contribution in [0.2, 0.25) is 0 Å². The molecule has 9 heteroatoms. The maximum atomic E-state index is 12.8. The number of quaternary nitrogens is 1. The first kappa shape index (κ1) is 59.8. The molecule has 0 radical (unpaired) electrons. The molecule has 0 rings (SSSR count). The minimum atomic E-state index is -1.62. The van der Waals surface area contributed by atoms with Crippen molar-refractivity contribution in [3.8, 4) is 0 Å². The fourth-order valence-electron chi connectivity index (χ4n) is 7.39. The molecular weight excluding hydrogens is 779 g/mol. The summed E-state index contributed by atoms with van der Waals surface area (Å²) in [6.45, 7) is 4.76. The van der Waals surface area contributed by atoms with E-state index in [1.165, 1.54) is 161 Å². The Bertz CT molecular complexity index is 1070. The first-order chi connectivity index (χ1) is 30.1. The van der Waals surface area contributed by atoms with Gasteiger partial charge in [-0.2, -0.15) is 0 Å². The van der Waals surface area contributed by atoms with Crippen LogP contribution in [-0.2, 0) is 33.3 Å². The third-order valence-electron chi connectivity index (χ3n) is 11.5. The molecule has 9 nitrogen and oxygen atoms in total. The van der Waals surface area contributed by atoms with Gasteiger partial charge in [0.25, 0.3) is 0 Å². The highest BCUT2D eigenvalue weighted by Crippen LogP contribution is 2.16. The van der Waals surface area contributed by atoms with Gasteiger partial charge in [0.15, 0.2) is 12.4 Å². The van der Waals surface area contributed by atoms with Crippen molar-refractivity contribution in [3.63, 3.8) is 0 Å². The standard InChI is InChI=1S/C53H99NO8/c1-6-8-10-12-14-16-18-20-22-23-24-25-26-27-28-29-30-32-34-36-38-40-42-44-51(56)62-49(48-61-53(52(57)58)59-46-45-54(3,4)5)47-60-50(55)43-41-39-37-35-33-31-21-19-17-15-13-11-9-7-2/h18,20,23-24,49,53H,6-17,19,21-22,25-48H2,1-5H3/b20-18-,24-23-. The molecule has 0 aromatic heterocycles. The van der Waals surface area contributed by atoms with E-state index in [0.29, 0.717) is 23.9 Å². The van der Waals surface area contributed by atoms with E-state index in [1.54, 1.807) is 0 Å². The lowest BCUT2D eigenvalue weighted by Crippen LogP contribution is -2.44. The lowest BCUT2D eigenvalue weighted by molar-refractivity contribution is -0.870. The highest BCUT2D eigenvalue weighted by Gasteiger charge is 2.22. The molecule has 62 heavy (non-hydrogen) atoms. The van der Waals surface area contributed by atoms with Crippen molar-refractivity contribution in [2.45, 2.75) is 251 Å². The van der Waals surface area contributed by atoms with Gasteiger partial charge < -0.3 is 33.3 Å². The minimum absolute atomic E-state index is 0.150. The normalized spacial score (nSPS) is 13.0. The Morgan fingerprint density at radius 3 is 1.27 bits per heavy atom. The number of carbonyl (C=O) groups is 3. The Hall–Kier alpha value is -2.23. The number of nitrogens with zero attached hydrogens (tertiary/aromatic N) is 1. The summed E-state index contributed by atoms with van der Waals surface area (Å²) >= 11 is 0. The zero-order valence-corrected chi connectivity index (χ0v) is 41.3. The van der Waals surface area contributed by atoms with E-state index >= 15 is 0 Å². The highest BCUT2D eigenvalue weighted by atomic mass is 16.7. The second-order valence-corrected chi connectivity index (χ2v) is 18.8. The van der Waals surface area contributed by atoms with Gasteiger partial charge in [0.05, 0.1) is 40.3 Å². The predicted molar refractivity (Wildman–Crippen MR) is 256 cm³/mol. The Kier molecular flexibility index (Phi) is 43.7. The Morgan fingerprint density at radius 2 is 0.871 bits per heavy atom. The quantitative estimate of drug-likeness (QED) is 0.0195. The van der Waals surface area contributed by atoms with Gasteiger partial charge in [-0.25, -0.2) is 0 Å². The molecule has 0 amide bonds. The predicted octanol–water partition coefficient (Wildman–Crippen LogP) is 13.1. The largest absolute Gasteiger partial charge is 0.545 e. The summed E-state index contributed by atoms with van der Waals surface area (Å²) in [7, 11) is 5.92. The summed E-state index contributed by atoms with van der Waals surface area (Å²) in [4.78, 5) is 37.1. The first-order valence-electron chi connectivity index (χ1n) is 26.0. The maximum absolute atomic E-state index is 12.8. The van der Waals surface area contributed by atoms with Crippen LogP contribution in [0.5, 0.6) is 0 Å². The van der Waals surface area contributed by atoms with E-state index < -0.39 is 24.3 Å². The van der Waals surface area contributed by atoms with Gasteiger partial charge in [-0.15, -0.1) is 0 Å². The lowest BCUT2D eigenvalue weighted by Gasteiger charge is -2.26. The van der Waals surface area contributed by atoms with Gasteiger partial charge in [0.1, 0.15) is 13.2 Å². The van der Waals surface area contributed by atoms with E-state index in [-0.39, 0.29) is 32.2 Å². The van der Waals surface area contributed by atoms with Crippen LogP contribution >= 0.6 is 0 Å². The van der Waals surface area contributed by atoms with Crippen LogP contribution in [0.3, 0.4) is 0 Å². The smallest absolute Gasteiger partial charge is 0.306 e. The first-order valence-corrected chi connectivity index (χ1v) is 26.0. The fourth-order valence-corrected chi connectivity index (χ4v) is 7.39. The minimum Gasteiger partial charge on any atom is -0.545 e. The van der Waals surface area contributed by atoms with Crippen molar-refractivity contribution in [2.24, 2.45) is 0 Å². The summed E-state index contributed by atoms with van der Waals surface area (Å²) in [6.07, 6.45) is 47.8. The molecule has 0 aromatic carbocycles. The van der Waals surface area contributed by atoms with E-state index in [9.17, 15) is 19.5 Å². The molecule has 0 bridgehead atoms. The summed E-state index contributed by atoms with van der Waals surface area (Å²) in [6, 6.07) is 0. The number of unbranched alkanes of at least 4 members (excludes halogenated alkanes) is 29. The summed E-state index contributed by atoms with van der Waals surface area (Å²) in [5.74, 6) is -2.27. The number of carboxylic acids is 1. The lowest BCUT2D eigenvalue weighted by atomic mass is 10.0. The molecule has 0 aliphatic rings. The Balaban J connectivity index is 4.28. The number of carbonyl (C=O) groups excluding carboxylic acids is 3. The molecule has 0 saturated heterocycles. The van der Waals surface area contributed by atoms with Crippen molar-refractivity contribution in [1.29, 1.82) is 0 Å². The summed E-state index contributed by atoms with van der Waals surface area (Å²) < 4.78 is 22.6. The molecule has 0 aliphatic heterocycles. The molecule has 364 valence electrons. The zero-order valence-electron chi connectivity index (χ0n) is 41.3. The molecule has 0 aliphatic carbocycles. The van der Waals surface area contributed by atoms with E-state index in [0.717, 1.165) is 44.9 Å². The van der Waals surface area contributed by atoms with Crippen molar-refractivity contribution < 1.29 is 42.9 Å². The van der Waals surface area contributed by atoms with E-state index in [1.807, 2.05) is 21.1 Å². The Labute approximate surface area is 382 Å². The highest BCUT2D eigenvalue weighted by molar-refractivity contribution is 5.70. The summed E-state index contributed by atoms with van der Waals surface area (Å²) in [5.41, 5.74) is 0. The van der Waals surface area contributed by atoms with Gasteiger partial charge in [0.2, 0.25) is 0 Å². The van der Waals surface area contributed by atoms with Crippen molar-refractivity contribution in [1.82, 2.24) is 0 Å². The molecule has 0 spiro atoms. The second-order valence-electron chi connectivity index (χ2n) is 18.8. The van der Waals surface area contributed by atoms with Crippen molar-refractivity contribution in [3.05, 3.63) is 24.3 Å². The molecule has 0 saturated carbocycles. The number of carboxylic acid groups (broad SMARTS) is 1. The van der Waals surface area contributed by atoms with Crippen molar-refractivity contribution in [2.75, 3.05) is 47.5 Å². The van der Waals surface area contributed by atoms with Gasteiger partial charge >= 0.3 is 11.9 Å². The average molecular weight is 878 g/mol. The van der Waals surface area contributed by atoms with Crippen molar-refractivity contribution >= 4 is 17.9 Å². The van der Waals surface area contributed by atoms with Gasteiger partial charge in [0, 0.05) is 12.8 Å². The molecule has 0 aromatic rings. The van der Waals surface area contributed by atoms with Gasteiger partial charge in [-0.1, -0.05) is 205 Å². The van der Waals surface area contributed by atoms with Crippen LogP contribution < -0.4 is 5.11 Å². The SMILES string of the molecule is CCCCCCC/C=C\C/C=C\CCCCCCCCCCCCCC(=O)OC(COC(=O)CCCCCCCCCCCCCCCC)COC(OCC[N+](C)(C)C)C(=O)[O-]. The molecular formula is C53H99NO8. The second kappa shape index (κ2) is 45.3. The van der Waals surface area contributed by atoms with E-state index in [2.05, 4.69) is 38.2 Å². The van der Waals surface area contributed by atoms with E-state index in [4.69, 9.17) is 18.9 Å². The zero-order chi connectivity index (χ0) is 45.6. The number of aliphatic carboxylic acids is 1. The number of hydrogen-bond donors (Lipinski definition) is 0. The van der Waals surface area contributed by atoms with Crippen LogP contribution in [-0.4, -0.2) is 82.3 Å². The van der Waals surface area contributed by atoms with Crippen LogP contribution in [0.1, 0.15) is 239 Å². The number of likely N-dealkylation sites (N-methyl/N-ethyl adjacent to an activating group) is 1. The van der Waals surface area contributed by atoms with Gasteiger partial charge in [-0.3, -0.25) is 9.59 Å². The third-order valence-corrected chi connectivity index (χ3v) is 11.5. The molecule has 0 fully saturated rings. The monoisotopic (exact) mass is 878 g/mol. The Morgan fingerprint density at radius 1 is 0.484 bits per heavy atom.